The van der Waals surface area contributed by atoms with Crippen LogP contribution in [0.2, 0.25) is 0 Å². The third-order valence-electron chi connectivity index (χ3n) is 8.98. The molecule has 2 unspecified atom stereocenters. The zero-order valence-electron chi connectivity index (χ0n) is 19.6. The molecule has 4 atom stereocenters. The molecule has 2 aromatic rings. The summed E-state index contributed by atoms with van der Waals surface area (Å²) in [5.74, 6) is 1.70. The Morgan fingerprint density at radius 2 is 1.58 bits per heavy atom. The summed E-state index contributed by atoms with van der Waals surface area (Å²) in [7, 11) is 0. The molecule has 2 aromatic carbocycles. The van der Waals surface area contributed by atoms with Gasteiger partial charge in [-0.3, -0.25) is 9.69 Å². The molecule has 1 amide bonds. The largest absolute Gasteiger partial charge is 0.379 e. The van der Waals surface area contributed by atoms with Gasteiger partial charge in [-0.15, -0.1) is 0 Å². The first-order valence-corrected chi connectivity index (χ1v) is 12.8. The number of morpholine rings is 1. The van der Waals surface area contributed by atoms with Gasteiger partial charge in [0.25, 0.3) is 0 Å². The lowest BCUT2D eigenvalue weighted by atomic mass is 9.42. The highest BCUT2D eigenvalue weighted by Crippen LogP contribution is 2.65. The number of rotatable bonds is 6. The maximum absolute atomic E-state index is 13.8. The molecule has 4 bridgehead atoms. The summed E-state index contributed by atoms with van der Waals surface area (Å²) in [5.41, 5.74) is 4.06. The molecule has 4 saturated carbocycles. The summed E-state index contributed by atoms with van der Waals surface area (Å²) in [5, 5.41) is 3.42. The van der Waals surface area contributed by atoms with Gasteiger partial charge in [-0.05, 0) is 72.5 Å². The van der Waals surface area contributed by atoms with Gasteiger partial charge >= 0.3 is 0 Å². The summed E-state index contributed by atoms with van der Waals surface area (Å²) in [6, 6.07) is 19.7. The van der Waals surface area contributed by atoms with Crippen molar-refractivity contribution in [3.8, 4) is 0 Å². The molecule has 1 N–H and O–H groups in total. The molecule has 0 aromatic heterocycles. The fourth-order valence-electron chi connectivity index (χ4n) is 7.91. The standard InChI is InChI=1S/C29H36N2O2/c32-27(30-19-24-6-4-5-7-25(24)20-31-10-12-33-13-11-31)29-17-22-14-23(18-29)16-28(15-22,21-29)26-8-2-1-3-9-26/h1-9,22-23H,10-21H2,(H,30,32)/t22-,23+,28?,29?. The van der Waals surface area contributed by atoms with Crippen LogP contribution in [0.3, 0.4) is 0 Å². The Balaban J connectivity index is 1.18. The van der Waals surface area contributed by atoms with E-state index in [-0.39, 0.29) is 10.8 Å². The van der Waals surface area contributed by atoms with Crippen LogP contribution in [0, 0.1) is 17.3 Å². The number of nitrogens with one attached hydrogen (secondary N) is 1. The highest BCUT2D eigenvalue weighted by Gasteiger charge is 2.60. The van der Waals surface area contributed by atoms with Gasteiger partial charge in [0.15, 0.2) is 0 Å². The van der Waals surface area contributed by atoms with E-state index in [1.54, 1.807) is 0 Å². The van der Waals surface area contributed by atoms with Crippen LogP contribution in [-0.4, -0.2) is 37.1 Å². The summed E-state index contributed by atoms with van der Waals surface area (Å²) in [4.78, 5) is 16.3. The second-order valence-corrected chi connectivity index (χ2v) is 11.2. The lowest BCUT2D eigenvalue weighted by molar-refractivity contribution is -0.149. The monoisotopic (exact) mass is 444 g/mol. The van der Waals surface area contributed by atoms with Crippen molar-refractivity contribution in [2.45, 2.75) is 57.0 Å². The highest BCUT2D eigenvalue weighted by molar-refractivity contribution is 5.83. The Hall–Kier alpha value is -2.17. The smallest absolute Gasteiger partial charge is 0.226 e. The Morgan fingerprint density at radius 3 is 2.30 bits per heavy atom. The minimum absolute atomic E-state index is 0.181. The molecule has 1 heterocycles. The number of hydrogen-bond donors (Lipinski definition) is 1. The SMILES string of the molecule is O=C(NCc1ccccc1CN1CCOCC1)C12C[C@H]3C[C@@H](C1)CC(c1ccccc1)(C3)C2. The van der Waals surface area contributed by atoms with E-state index < -0.39 is 0 Å². The first-order chi connectivity index (χ1) is 16.1. The minimum atomic E-state index is -0.181. The lowest BCUT2D eigenvalue weighted by Crippen LogP contribution is -2.59. The van der Waals surface area contributed by atoms with E-state index in [0.717, 1.165) is 52.1 Å². The molecule has 1 aliphatic heterocycles. The number of carbonyl (C=O) groups is 1. The van der Waals surface area contributed by atoms with Crippen LogP contribution in [0.5, 0.6) is 0 Å². The van der Waals surface area contributed by atoms with Gasteiger partial charge < -0.3 is 10.1 Å². The fourth-order valence-corrected chi connectivity index (χ4v) is 7.91. The Kier molecular flexibility index (Phi) is 5.54. The molecule has 4 nitrogen and oxygen atoms in total. The third-order valence-corrected chi connectivity index (χ3v) is 8.98. The van der Waals surface area contributed by atoms with E-state index in [1.807, 2.05) is 0 Å². The first kappa shape index (κ1) is 21.4. The number of benzene rings is 2. The summed E-state index contributed by atoms with van der Waals surface area (Å²) in [6.07, 6.45) is 7.05. The van der Waals surface area contributed by atoms with Crippen LogP contribution < -0.4 is 5.32 Å². The average Bonchev–Trinajstić information content (AvgIpc) is 2.84. The van der Waals surface area contributed by atoms with E-state index in [2.05, 4.69) is 64.8 Å². The van der Waals surface area contributed by atoms with Gasteiger partial charge in [0.2, 0.25) is 5.91 Å². The Morgan fingerprint density at radius 1 is 0.909 bits per heavy atom. The fraction of sp³-hybridized carbons (Fsp3) is 0.552. The van der Waals surface area contributed by atoms with Crippen molar-refractivity contribution in [1.82, 2.24) is 10.2 Å². The van der Waals surface area contributed by atoms with Crippen molar-refractivity contribution < 1.29 is 9.53 Å². The molecule has 174 valence electrons. The second-order valence-electron chi connectivity index (χ2n) is 11.2. The van der Waals surface area contributed by atoms with Crippen LogP contribution >= 0.6 is 0 Å². The molecule has 0 spiro atoms. The van der Waals surface area contributed by atoms with Crippen molar-refractivity contribution in [1.29, 1.82) is 0 Å². The van der Waals surface area contributed by atoms with E-state index in [9.17, 15) is 4.79 Å². The molecule has 4 heteroatoms. The van der Waals surface area contributed by atoms with E-state index in [0.29, 0.717) is 24.3 Å². The van der Waals surface area contributed by atoms with Crippen LogP contribution in [0.1, 0.15) is 55.2 Å². The second kappa shape index (κ2) is 8.56. The van der Waals surface area contributed by atoms with Crippen molar-refractivity contribution >= 4 is 5.91 Å². The van der Waals surface area contributed by atoms with Crippen LogP contribution in [0.15, 0.2) is 54.6 Å². The summed E-state index contributed by atoms with van der Waals surface area (Å²) in [6.45, 7) is 5.15. The van der Waals surface area contributed by atoms with Gasteiger partial charge in [0, 0.05) is 26.2 Å². The number of ether oxygens (including phenoxy) is 1. The highest BCUT2D eigenvalue weighted by atomic mass is 16.5. The zero-order valence-corrected chi connectivity index (χ0v) is 19.6. The van der Waals surface area contributed by atoms with E-state index in [4.69, 9.17) is 4.74 Å². The molecule has 0 radical (unpaired) electrons. The van der Waals surface area contributed by atoms with Gasteiger partial charge in [-0.25, -0.2) is 0 Å². The van der Waals surface area contributed by atoms with Crippen LogP contribution in [0.25, 0.3) is 0 Å². The molecule has 33 heavy (non-hydrogen) atoms. The van der Waals surface area contributed by atoms with Crippen molar-refractivity contribution in [2.75, 3.05) is 26.3 Å². The van der Waals surface area contributed by atoms with Crippen LogP contribution in [0.4, 0.5) is 0 Å². The van der Waals surface area contributed by atoms with Gasteiger partial charge in [-0.2, -0.15) is 0 Å². The average molecular weight is 445 g/mol. The molecule has 1 saturated heterocycles. The molecular weight excluding hydrogens is 408 g/mol. The number of carbonyl (C=O) groups excluding carboxylic acids is 1. The van der Waals surface area contributed by atoms with Gasteiger partial charge in [0.1, 0.15) is 0 Å². The van der Waals surface area contributed by atoms with Crippen LogP contribution in [-0.2, 0) is 28.0 Å². The summed E-state index contributed by atoms with van der Waals surface area (Å²) >= 11 is 0. The number of hydrogen-bond acceptors (Lipinski definition) is 3. The Bertz CT molecular complexity index is 984. The molecule has 5 aliphatic rings. The normalized spacial score (nSPS) is 33.2. The van der Waals surface area contributed by atoms with E-state index in [1.165, 1.54) is 36.0 Å². The third kappa shape index (κ3) is 4.02. The molecule has 4 aliphatic carbocycles. The predicted molar refractivity (Wildman–Crippen MR) is 130 cm³/mol. The minimum Gasteiger partial charge on any atom is -0.379 e. The van der Waals surface area contributed by atoms with Crippen molar-refractivity contribution in [3.63, 3.8) is 0 Å². The summed E-state index contributed by atoms with van der Waals surface area (Å²) < 4.78 is 5.50. The maximum Gasteiger partial charge on any atom is 0.226 e. The molecule has 5 fully saturated rings. The predicted octanol–water partition coefficient (Wildman–Crippen LogP) is 4.67. The first-order valence-electron chi connectivity index (χ1n) is 12.8. The van der Waals surface area contributed by atoms with Gasteiger partial charge in [0.05, 0.1) is 18.6 Å². The van der Waals surface area contributed by atoms with Crippen molar-refractivity contribution in [2.24, 2.45) is 17.3 Å². The zero-order chi connectivity index (χ0) is 22.3. The number of nitrogens with zero attached hydrogens (tertiary/aromatic N) is 1. The molecular formula is C29H36N2O2. The topological polar surface area (TPSA) is 41.6 Å². The van der Waals surface area contributed by atoms with E-state index >= 15 is 0 Å². The Labute approximate surface area is 197 Å². The van der Waals surface area contributed by atoms with Gasteiger partial charge in [-0.1, -0.05) is 54.6 Å². The quantitative estimate of drug-likeness (QED) is 0.704. The number of amides is 1. The lowest BCUT2D eigenvalue weighted by Gasteiger charge is -2.61. The molecule has 7 rings (SSSR count). The van der Waals surface area contributed by atoms with Crippen molar-refractivity contribution in [3.05, 3.63) is 71.3 Å². The maximum atomic E-state index is 13.8.